The second-order valence-electron chi connectivity index (χ2n) is 8.01. The lowest BCUT2D eigenvalue weighted by molar-refractivity contribution is -0.368. The maximum absolute atomic E-state index is 13.9. The van der Waals surface area contributed by atoms with Gasteiger partial charge in [0.15, 0.2) is 0 Å². The van der Waals surface area contributed by atoms with E-state index in [1.165, 1.54) is 0 Å². The molecule has 0 atom stereocenters. The summed E-state index contributed by atoms with van der Waals surface area (Å²) in [6.45, 7) is 1.64. The topological polar surface area (TPSA) is 87.0 Å². The average Bonchev–Trinajstić information content (AvgIpc) is 2.74. The molecule has 0 aliphatic rings. The van der Waals surface area contributed by atoms with E-state index in [1.54, 1.807) is 6.92 Å². The highest BCUT2D eigenvalue weighted by atomic mass is 19.4. The molecule has 0 rings (SSSR count). The van der Waals surface area contributed by atoms with Gasteiger partial charge in [-0.2, -0.15) is 35.1 Å². The van der Waals surface area contributed by atoms with E-state index in [9.17, 15) is 55.2 Å². The highest BCUT2D eigenvalue weighted by Crippen LogP contribution is 2.55. The second kappa shape index (κ2) is 12.3. The van der Waals surface area contributed by atoms with Crippen molar-refractivity contribution in [3.8, 4) is 0 Å². The molecule has 13 heteroatoms. The van der Waals surface area contributed by atoms with E-state index < -0.39 is 99.2 Å². The molecule has 0 amide bonds. The minimum Gasteiger partial charge on any atom is -0.462 e. The van der Waals surface area contributed by atoms with Crippen LogP contribution in [0.25, 0.3) is 0 Å². The Morgan fingerprint density at radius 3 is 1.61 bits per heavy atom. The summed E-state index contributed by atoms with van der Waals surface area (Å²) in [4.78, 5) is 11.8. The molecule has 0 unspecified atom stereocenters. The standard InChI is InChI=1S/C20H30F8O5/c1-3-4-5-7-17(21,22)19(25,26)20(27,28)18(23,24)8-6-9-33-15(32)14(2)10-16(11-29,12-30)13-31/h29-31H,2-13H2,1H3. The van der Waals surface area contributed by atoms with Gasteiger partial charge in [0.1, 0.15) is 0 Å². The van der Waals surface area contributed by atoms with Crippen LogP contribution in [0.3, 0.4) is 0 Å². The zero-order valence-electron chi connectivity index (χ0n) is 18.2. The summed E-state index contributed by atoms with van der Waals surface area (Å²) in [6.07, 6.45) is -5.39. The van der Waals surface area contributed by atoms with Crippen LogP contribution in [0.5, 0.6) is 0 Å². The molecule has 0 fully saturated rings. The minimum absolute atomic E-state index is 0.0281. The van der Waals surface area contributed by atoms with E-state index in [0.29, 0.717) is 6.42 Å². The summed E-state index contributed by atoms with van der Waals surface area (Å²) < 4.78 is 115. The molecule has 33 heavy (non-hydrogen) atoms. The van der Waals surface area contributed by atoms with Gasteiger partial charge in [-0.05, 0) is 19.3 Å². The van der Waals surface area contributed by atoms with E-state index in [0.717, 1.165) is 0 Å². The number of aliphatic hydroxyl groups excluding tert-OH is 3. The predicted octanol–water partition coefficient (Wildman–Crippen LogP) is 4.34. The van der Waals surface area contributed by atoms with Gasteiger partial charge in [-0.15, -0.1) is 0 Å². The van der Waals surface area contributed by atoms with Crippen molar-refractivity contribution in [2.75, 3.05) is 26.4 Å². The van der Waals surface area contributed by atoms with Gasteiger partial charge in [0.25, 0.3) is 0 Å². The maximum Gasteiger partial charge on any atom is 0.378 e. The monoisotopic (exact) mass is 502 g/mol. The largest absolute Gasteiger partial charge is 0.462 e. The van der Waals surface area contributed by atoms with Gasteiger partial charge in [0.05, 0.1) is 26.4 Å². The van der Waals surface area contributed by atoms with Crippen LogP contribution in [-0.2, 0) is 9.53 Å². The Kier molecular flexibility index (Phi) is 11.7. The fourth-order valence-electron chi connectivity index (χ4n) is 2.77. The molecule has 0 saturated heterocycles. The third-order valence-corrected chi connectivity index (χ3v) is 5.16. The molecule has 3 N–H and O–H groups in total. The summed E-state index contributed by atoms with van der Waals surface area (Å²) >= 11 is 0. The molecular weight excluding hydrogens is 472 g/mol. The quantitative estimate of drug-likeness (QED) is 0.119. The molecule has 0 heterocycles. The second-order valence-corrected chi connectivity index (χ2v) is 8.01. The van der Waals surface area contributed by atoms with Crippen molar-refractivity contribution in [1.29, 1.82) is 0 Å². The maximum atomic E-state index is 13.9. The molecular formula is C20H30F8O5. The molecule has 0 spiro atoms. The molecule has 0 bridgehead atoms. The number of alkyl halides is 8. The van der Waals surface area contributed by atoms with Crippen molar-refractivity contribution in [2.45, 2.75) is 75.6 Å². The van der Waals surface area contributed by atoms with Gasteiger partial charge in [-0.3, -0.25) is 0 Å². The fraction of sp³-hybridized carbons (Fsp3) is 0.850. The smallest absolute Gasteiger partial charge is 0.378 e. The lowest BCUT2D eigenvalue weighted by Crippen LogP contribution is -2.62. The first-order chi connectivity index (χ1) is 15.0. The zero-order chi connectivity index (χ0) is 26.1. The highest BCUT2D eigenvalue weighted by molar-refractivity contribution is 5.87. The molecule has 0 aromatic rings. The number of halogens is 8. The van der Waals surface area contributed by atoms with Gasteiger partial charge in [0, 0.05) is 23.8 Å². The van der Waals surface area contributed by atoms with Crippen molar-refractivity contribution in [2.24, 2.45) is 5.41 Å². The summed E-state index contributed by atoms with van der Waals surface area (Å²) in [5, 5.41) is 27.6. The number of rotatable bonds is 17. The van der Waals surface area contributed by atoms with E-state index in [1.807, 2.05) is 0 Å². The van der Waals surface area contributed by atoms with Crippen LogP contribution in [0, 0.1) is 5.41 Å². The lowest BCUT2D eigenvalue weighted by atomic mass is 9.84. The molecule has 5 nitrogen and oxygen atoms in total. The normalized spacial score (nSPS) is 13.8. The first-order valence-corrected chi connectivity index (χ1v) is 10.2. The van der Waals surface area contributed by atoms with Crippen molar-refractivity contribution < 1.29 is 60.0 Å². The van der Waals surface area contributed by atoms with Gasteiger partial charge in [-0.25, -0.2) is 4.79 Å². The number of aliphatic hydroxyl groups is 3. The van der Waals surface area contributed by atoms with Crippen LogP contribution in [0.1, 0.15) is 51.9 Å². The number of carbonyl (C=O) groups excluding carboxylic acids is 1. The van der Waals surface area contributed by atoms with Crippen molar-refractivity contribution in [1.82, 2.24) is 0 Å². The number of hydrogen-bond donors (Lipinski definition) is 3. The Labute approximate surface area is 186 Å². The Bertz CT molecular complexity index is 628. The lowest BCUT2D eigenvalue weighted by Gasteiger charge is -2.37. The van der Waals surface area contributed by atoms with Gasteiger partial charge < -0.3 is 20.1 Å². The minimum atomic E-state index is -6.37. The van der Waals surface area contributed by atoms with Crippen LogP contribution >= 0.6 is 0 Å². The average molecular weight is 502 g/mol. The third kappa shape index (κ3) is 7.51. The Morgan fingerprint density at radius 2 is 1.21 bits per heavy atom. The Morgan fingerprint density at radius 1 is 0.788 bits per heavy atom. The molecule has 0 aromatic heterocycles. The van der Waals surface area contributed by atoms with E-state index in [-0.39, 0.29) is 6.42 Å². The molecule has 0 aliphatic carbocycles. The molecule has 0 radical (unpaired) electrons. The number of carbonyl (C=O) groups is 1. The van der Waals surface area contributed by atoms with Crippen molar-refractivity contribution in [3.05, 3.63) is 12.2 Å². The summed E-state index contributed by atoms with van der Waals surface area (Å²) in [5.41, 5.74) is -1.93. The van der Waals surface area contributed by atoms with Crippen molar-refractivity contribution in [3.63, 3.8) is 0 Å². The van der Waals surface area contributed by atoms with Crippen LogP contribution < -0.4 is 0 Å². The molecule has 0 saturated carbocycles. The third-order valence-electron chi connectivity index (χ3n) is 5.16. The number of ether oxygens (including phenoxy) is 1. The highest BCUT2D eigenvalue weighted by Gasteiger charge is 2.79. The zero-order valence-corrected chi connectivity index (χ0v) is 18.2. The molecule has 0 aliphatic heterocycles. The van der Waals surface area contributed by atoms with Gasteiger partial charge in [0.2, 0.25) is 0 Å². The predicted molar refractivity (Wildman–Crippen MR) is 102 cm³/mol. The van der Waals surface area contributed by atoms with Gasteiger partial charge >= 0.3 is 29.7 Å². The first kappa shape index (κ1) is 31.5. The van der Waals surface area contributed by atoms with E-state index >= 15 is 0 Å². The van der Waals surface area contributed by atoms with Crippen LogP contribution in [0.4, 0.5) is 35.1 Å². The Balaban J connectivity index is 5.01. The summed E-state index contributed by atoms with van der Waals surface area (Å²) in [7, 11) is 0. The van der Waals surface area contributed by atoms with E-state index in [2.05, 4.69) is 11.3 Å². The van der Waals surface area contributed by atoms with Crippen molar-refractivity contribution >= 4 is 5.97 Å². The van der Waals surface area contributed by atoms with E-state index in [4.69, 9.17) is 0 Å². The number of unbranched alkanes of at least 4 members (excludes halogenated alkanes) is 2. The Hall–Kier alpha value is -1.47. The summed E-state index contributed by atoms with van der Waals surface area (Å²) in [6, 6.07) is 0. The van der Waals surface area contributed by atoms with Gasteiger partial charge in [-0.1, -0.05) is 26.3 Å². The molecule has 0 aromatic carbocycles. The van der Waals surface area contributed by atoms with Crippen LogP contribution in [0.15, 0.2) is 12.2 Å². The SMILES string of the molecule is C=C(CC(CO)(CO)CO)C(=O)OCCCC(F)(F)C(F)(F)C(F)(F)C(F)(F)CCCCC. The molecule has 196 valence electrons. The number of esters is 1. The first-order valence-electron chi connectivity index (χ1n) is 10.2. The fourth-order valence-corrected chi connectivity index (χ4v) is 2.77. The number of hydrogen-bond acceptors (Lipinski definition) is 5. The summed E-state index contributed by atoms with van der Waals surface area (Å²) in [5.74, 6) is -24.8. The van der Waals surface area contributed by atoms with Crippen LogP contribution in [0.2, 0.25) is 0 Å². The van der Waals surface area contributed by atoms with Crippen LogP contribution in [-0.4, -0.2) is 71.4 Å².